The summed E-state index contributed by atoms with van der Waals surface area (Å²) in [7, 11) is -1.25. The lowest BCUT2D eigenvalue weighted by Crippen LogP contribution is -2.35. The number of aliphatic carboxylic acids is 1. The van der Waals surface area contributed by atoms with Crippen LogP contribution in [0, 0.1) is 0 Å². The molecule has 31 heavy (non-hydrogen) atoms. The lowest BCUT2D eigenvalue weighted by atomic mass is 9.93. The molecule has 0 amide bonds. The van der Waals surface area contributed by atoms with Crippen molar-refractivity contribution in [3.8, 4) is 0 Å². The van der Waals surface area contributed by atoms with Crippen molar-refractivity contribution in [2.75, 3.05) is 0 Å². The molecule has 0 saturated carbocycles. The highest BCUT2D eigenvalue weighted by molar-refractivity contribution is 6.63. The van der Waals surface area contributed by atoms with Crippen LogP contribution in [0.2, 0.25) is 18.1 Å². The number of hydrogen-bond acceptors (Lipinski definition) is 1. The standard InChI is InChI=1S/C28H56O2Si/c1-5-7-9-11-13-14-15-16-17-18-19-20-22-24-26-28(27(29)30,31(3)4)25-23-21-12-10-8-6-2/h16-17,31H,5-15,18-26H2,1-4H3,(H,29,30). The molecule has 0 aliphatic heterocycles. The monoisotopic (exact) mass is 452 g/mol. The molecule has 0 heterocycles. The molecule has 1 N–H and O–H groups in total. The van der Waals surface area contributed by atoms with E-state index < -0.39 is 14.8 Å². The minimum absolute atomic E-state index is 0.373. The molecule has 0 spiro atoms. The molecule has 0 aromatic heterocycles. The third-order valence-corrected chi connectivity index (χ3v) is 10.2. The first kappa shape index (κ1) is 30.4. The van der Waals surface area contributed by atoms with Gasteiger partial charge in [0.05, 0.1) is 13.8 Å². The molecule has 184 valence electrons. The zero-order valence-corrected chi connectivity index (χ0v) is 22.9. The van der Waals surface area contributed by atoms with Gasteiger partial charge in [0.15, 0.2) is 0 Å². The van der Waals surface area contributed by atoms with Gasteiger partial charge in [-0.2, -0.15) is 0 Å². The first-order chi connectivity index (χ1) is 15.0. The minimum Gasteiger partial charge on any atom is -0.481 e. The summed E-state index contributed by atoms with van der Waals surface area (Å²) in [6.07, 6.45) is 29.5. The number of hydrogen-bond donors (Lipinski definition) is 1. The summed E-state index contributed by atoms with van der Waals surface area (Å²) in [6.45, 7) is 9.01. The van der Waals surface area contributed by atoms with Gasteiger partial charge in [-0.15, -0.1) is 0 Å². The lowest BCUT2D eigenvalue weighted by Gasteiger charge is -2.33. The second kappa shape index (κ2) is 21.3. The van der Waals surface area contributed by atoms with Crippen LogP contribution in [0.5, 0.6) is 0 Å². The van der Waals surface area contributed by atoms with Crippen LogP contribution >= 0.6 is 0 Å². The van der Waals surface area contributed by atoms with Crippen LogP contribution in [-0.2, 0) is 4.79 Å². The summed E-state index contributed by atoms with van der Waals surface area (Å²) in [5.41, 5.74) is 0. The van der Waals surface area contributed by atoms with E-state index in [0.717, 1.165) is 25.7 Å². The Hall–Kier alpha value is -0.573. The molecule has 0 aromatic rings. The second-order valence-electron chi connectivity index (χ2n) is 10.1. The fourth-order valence-corrected chi connectivity index (χ4v) is 6.78. The summed E-state index contributed by atoms with van der Waals surface area (Å²) in [6, 6.07) is 0. The molecule has 2 nitrogen and oxygen atoms in total. The van der Waals surface area contributed by atoms with E-state index in [4.69, 9.17) is 0 Å². The number of unbranched alkanes of at least 4 members (excludes halogenated alkanes) is 15. The summed E-state index contributed by atoms with van der Waals surface area (Å²) < 4.78 is 0. The summed E-state index contributed by atoms with van der Waals surface area (Å²) in [5, 5.41) is 9.69. The van der Waals surface area contributed by atoms with Crippen LogP contribution in [0.1, 0.15) is 142 Å². The van der Waals surface area contributed by atoms with E-state index in [-0.39, 0.29) is 5.04 Å². The van der Waals surface area contributed by atoms with Gasteiger partial charge in [-0.1, -0.05) is 129 Å². The normalized spacial score (nSPS) is 13.8. The molecular weight excluding hydrogens is 396 g/mol. The molecule has 0 bridgehead atoms. The van der Waals surface area contributed by atoms with Crippen molar-refractivity contribution < 1.29 is 9.90 Å². The van der Waals surface area contributed by atoms with Crippen LogP contribution in [0.3, 0.4) is 0 Å². The van der Waals surface area contributed by atoms with Gasteiger partial charge in [0, 0.05) is 0 Å². The molecule has 0 fully saturated rings. The summed E-state index contributed by atoms with van der Waals surface area (Å²) in [4.78, 5) is 12.2. The third-order valence-electron chi connectivity index (χ3n) is 7.14. The van der Waals surface area contributed by atoms with Crippen molar-refractivity contribution in [2.24, 2.45) is 0 Å². The Labute approximate surface area is 197 Å². The van der Waals surface area contributed by atoms with Crippen LogP contribution < -0.4 is 0 Å². The minimum atomic E-state index is -1.25. The molecule has 1 unspecified atom stereocenters. The average molecular weight is 453 g/mol. The SMILES string of the molecule is CCCCCCCCC=CCCCCCCC(CCCCCCCC)(C(=O)O)[SiH](C)C. The predicted molar refractivity (Wildman–Crippen MR) is 142 cm³/mol. The molecule has 0 aromatic carbocycles. The topological polar surface area (TPSA) is 37.3 Å². The average Bonchev–Trinajstić information content (AvgIpc) is 2.74. The smallest absolute Gasteiger partial charge is 0.306 e. The predicted octanol–water partition coefficient (Wildman–Crippen LogP) is 9.70. The Kier molecular flexibility index (Phi) is 20.9. The molecule has 0 saturated heterocycles. The molecule has 3 heteroatoms. The molecule has 0 rings (SSSR count). The van der Waals surface area contributed by atoms with E-state index >= 15 is 0 Å². The maximum absolute atomic E-state index is 12.2. The maximum Gasteiger partial charge on any atom is 0.306 e. The van der Waals surface area contributed by atoms with Crippen molar-refractivity contribution in [1.82, 2.24) is 0 Å². The molecule has 1 atom stereocenters. The number of carboxylic acid groups (broad SMARTS) is 1. The van der Waals surface area contributed by atoms with Gasteiger partial charge in [0.25, 0.3) is 0 Å². The Balaban J connectivity index is 3.96. The number of carboxylic acids is 1. The van der Waals surface area contributed by atoms with E-state index in [1.807, 2.05) is 0 Å². The Bertz CT molecular complexity index is 433. The van der Waals surface area contributed by atoms with Crippen molar-refractivity contribution >= 4 is 14.8 Å². The largest absolute Gasteiger partial charge is 0.481 e. The molecule has 0 radical (unpaired) electrons. The van der Waals surface area contributed by atoms with Gasteiger partial charge in [0.1, 0.15) is 0 Å². The summed E-state index contributed by atoms with van der Waals surface area (Å²) >= 11 is 0. The molecule has 0 aliphatic carbocycles. The van der Waals surface area contributed by atoms with Crippen LogP contribution in [0.25, 0.3) is 0 Å². The van der Waals surface area contributed by atoms with E-state index in [0.29, 0.717) is 0 Å². The van der Waals surface area contributed by atoms with Crippen LogP contribution in [-0.4, -0.2) is 19.9 Å². The lowest BCUT2D eigenvalue weighted by molar-refractivity contribution is -0.141. The molecular formula is C28H56O2Si. The quantitative estimate of drug-likeness (QED) is 0.0951. The number of rotatable bonds is 23. The highest BCUT2D eigenvalue weighted by Gasteiger charge is 2.40. The third kappa shape index (κ3) is 15.8. The van der Waals surface area contributed by atoms with Crippen LogP contribution in [0.4, 0.5) is 0 Å². The molecule has 0 aliphatic rings. The fraction of sp³-hybridized carbons (Fsp3) is 0.893. The van der Waals surface area contributed by atoms with Crippen molar-refractivity contribution in [3.63, 3.8) is 0 Å². The van der Waals surface area contributed by atoms with Gasteiger partial charge < -0.3 is 5.11 Å². The zero-order valence-electron chi connectivity index (χ0n) is 21.7. The van der Waals surface area contributed by atoms with Gasteiger partial charge in [-0.3, -0.25) is 4.79 Å². The number of carbonyl (C=O) groups is 1. The van der Waals surface area contributed by atoms with Gasteiger partial charge in [0.2, 0.25) is 0 Å². The Morgan fingerprint density at radius 2 is 1.00 bits per heavy atom. The highest BCUT2D eigenvalue weighted by atomic mass is 28.3. The Morgan fingerprint density at radius 1 is 0.645 bits per heavy atom. The first-order valence-corrected chi connectivity index (χ1v) is 16.8. The fourth-order valence-electron chi connectivity index (χ4n) is 4.72. The number of allylic oxidation sites excluding steroid dienone is 2. The van der Waals surface area contributed by atoms with Crippen molar-refractivity contribution in [3.05, 3.63) is 12.2 Å². The first-order valence-electron chi connectivity index (χ1n) is 13.9. The van der Waals surface area contributed by atoms with Gasteiger partial charge >= 0.3 is 5.97 Å². The van der Waals surface area contributed by atoms with Gasteiger partial charge in [-0.25, -0.2) is 0 Å². The summed E-state index contributed by atoms with van der Waals surface area (Å²) in [5.74, 6) is -0.500. The van der Waals surface area contributed by atoms with Crippen LogP contribution in [0.15, 0.2) is 12.2 Å². The van der Waals surface area contributed by atoms with Crippen molar-refractivity contribution in [2.45, 2.75) is 160 Å². The highest BCUT2D eigenvalue weighted by Crippen LogP contribution is 2.42. The second-order valence-corrected chi connectivity index (χ2v) is 13.5. The van der Waals surface area contributed by atoms with E-state index in [1.54, 1.807) is 0 Å². The van der Waals surface area contributed by atoms with E-state index in [9.17, 15) is 9.90 Å². The van der Waals surface area contributed by atoms with Crippen molar-refractivity contribution in [1.29, 1.82) is 0 Å². The maximum atomic E-state index is 12.2. The zero-order chi connectivity index (χ0) is 23.2. The van der Waals surface area contributed by atoms with Gasteiger partial charge in [-0.05, 0) is 38.5 Å². The van der Waals surface area contributed by atoms with E-state index in [2.05, 4.69) is 39.1 Å². The van der Waals surface area contributed by atoms with E-state index in [1.165, 1.54) is 103 Å². The Morgan fingerprint density at radius 3 is 1.35 bits per heavy atom.